The first-order chi connectivity index (χ1) is 31.9. The first-order valence-electron chi connectivity index (χ1n) is 23.3. The van der Waals surface area contributed by atoms with E-state index >= 15 is 0 Å². The van der Waals surface area contributed by atoms with Gasteiger partial charge in [-0.25, -0.2) is 9.59 Å². The fourth-order valence-electron chi connectivity index (χ4n) is 7.82. The Morgan fingerprint density at radius 2 is 1.45 bits per heavy atom. The van der Waals surface area contributed by atoms with Crippen molar-refractivity contribution in [2.24, 2.45) is 5.41 Å². The van der Waals surface area contributed by atoms with E-state index in [0.29, 0.717) is 51.9 Å². The van der Waals surface area contributed by atoms with Crippen molar-refractivity contribution in [2.75, 3.05) is 59.8 Å². The number of nitrogens with zero attached hydrogens (tertiary/aromatic N) is 2. The van der Waals surface area contributed by atoms with Gasteiger partial charge in [-0.05, 0) is 92.3 Å². The van der Waals surface area contributed by atoms with E-state index in [1.165, 1.54) is 17.5 Å². The van der Waals surface area contributed by atoms with Crippen molar-refractivity contribution >= 4 is 29.9 Å². The fourth-order valence-corrected chi connectivity index (χ4v) is 7.82. The fraction of sp³-hybridized carbons (Fsp3) is 0.549. The normalized spacial score (nSPS) is 16.6. The zero-order valence-corrected chi connectivity index (χ0v) is 40.5. The highest BCUT2D eigenvalue weighted by Gasteiger charge is 2.43. The van der Waals surface area contributed by atoms with Crippen LogP contribution < -0.4 is 20.7 Å². The van der Waals surface area contributed by atoms with Gasteiger partial charge in [0.25, 0.3) is 0 Å². The van der Waals surface area contributed by atoms with E-state index in [1.54, 1.807) is 32.6 Å². The molecule has 16 heteroatoms. The van der Waals surface area contributed by atoms with E-state index in [9.17, 15) is 24.0 Å². The van der Waals surface area contributed by atoms with Crippen LogP contribution in [-0.4, -0.2) is 123 Å². The van der Waals surface area contributed by atoms with E-state index < -0.39 is 53.1 Å². The minimum absolute atomic E-state index is 0.0440. The van der Waals surface area contributed by atoms with Gasteiger partial charge >= 0.3 is 12.2 Å². The number of fused-ring (bicyclic) bond motifs is 2. The van der Waals surface area contributed by atoms with Crippen molar-refractivity contribution < 1.29 is 52.4 Å². The molecule has 0 bridgehead atoms. The van der Waals surface area contributed by atoms with Crippen LogP contribution in [0.3, 0.4) is 0 Å². The summed E-state index contributed by atoms with van der Waals surface area (Å²) in [6.07, 6.45) is 1.75. The zero-order chi connectivity index (χ0) is 48.6. The monoisotopic (exact) mass is 930 g/mol. The van der Waals surface area contributed by atoms with Crippen LogP contribution in [0.1, 0.15) is 95.2 Å². The number of ether oxygens (including phenoxy) is 6. The first kappa shape index (κ1) is 52.3. The highest BCUT2D eigenvalue weighted by Crippen LogP contribution is 2.33. The summed E-state index contributed by atoms with van der Waals surface area (Å²) in [6.45, 7) is 15.4. The predicted octanol–water partition coefficient (Wildman–Crippen LogP) is 6.28. The lowest BCUT2D eigenvalue weighted by atomic mass is 9.83. The van der Waals surface area contributed by atoms with Crippen LogP contribution >= 0.6 is 0 Å². The Hall–Kier alpha value is -5.71. The average Bonchev–Trinajstić information content (AvgIpc) is 3.29. The maximum absolute atomic E-state index is 15.0. The second-order valence-corrected chi connectivity index (χ2v) is 19.0. The van der Waals surface area contributed by atoms with Crippen LogP contribution in [0.2, 0.25) is 0 Å². The lowest BCUT2D eigenvalue weighted by Gasteiger charge is -2.42. The second kappa shape index (κ2) is 24.9. The number of amides is 5. The number of alkyl carbamates (subject to hydrolysis) is 1. The topological polar surface area (TPSA) is 183 Å². The molecule has 0 spiro atoms. The molecule has 1 heterocycles. The highest BCUT2D eigenvalue weighted by atomic mass is 16.6. The van der Waals surface area contributed by atoms with Crippen LogP contribution in [-0.2, 0) is 64.1 Å². The highest BCUT2D eigenvalue weighted by molar-refractivity contribution is 5.94. The van der Waals surface area contributed by atoms with Crippen molar-refractivity contribution in [1.82, 2.24) is 25.8 Å². The Morgan fingerprint density at radius 1 is 0.791 bits per heavy atom. The van der Waals surface area contributed by atoms with Crippen LogP contribution in [0.15, 0.2) is 72.8 Å². The quantitative estimate of drug-likeness (QED) is 0.102. The van der Waals surface area contributed by atoms with Crippen molar-refractivity contribution in [1.29, 1.82) is 0 Å². The predicted molar refractivity (Wildman–Crippen MR) is 252 cm³/mol. The van der Waals surface area contributed by atoms with E-state index in [2.05, 4.69) is 28.1 Å². The van der Waals surface area contributed by atoms with Gasteiger partial charge in [0.2, 0.25) is 17.7 Å². The van der Waals surface area contributed by atoms with Crippen LogP contribution in [0.5, 0.6) is 5.75 Å². The molecule has 0 saturated heterocycles. The molecule has 0 saturated carbocycles. The van der Waals surface area contributed by atoms with Crippen LogP contribution in [0.4, 0.5) is 9.59 Å². The molecule has 2 aliphatic rings. The Morgan fingerprint density at radius 3 is 2.13 bits per heavy atom. The maximum Gasteiger partial charge on any atom is 0.410 e. The summed E-state index contributed by atoms with van der Waals surface area (Å²) in [5.41, 5.74) is 3.50. The molecule has 0 aromatic heterocycles. The summed E-state index contributed by atoms with van der Waals surface area (Å²) in [6, 6.07) is 20.0. The third kappa shape index (κ3) is 16.2. The molecule has 16 nitrogen and oxygen atoms in total. The van der Waals surface area contributed by atoms with E-state index in [0.717, 1.165) is 41.5 Å². The smallest absolute Gasteiger partial charge is 0.410 e. The number of aryl methyl sites for hydroxylation is 1. The third-order valence-electron chi connectivity index (χ3n) is 11.6. The van der Waals surface area contributed by atoms with Gasteiger partial charge in [0.1, 0.15) is 42.7 Å². The van der Waals surface area contributed by atoms with Gasteiger partial charge in [-0.3, -0.25) is 19.3 Å². The summed E-state index contributed by atoms with van der Waals surface area (Å²) >= 11 is 0. The summed E-state index contributed by atoms with van der Waals surface area (Å²) < 4.78 is 33.5. The first-order valence-corrected chi connectivity index (χ1v) is 23.3. The van der Waals surface area contributed by atoms with Gasteiger partial charge in [-0.2, -0.15) is 0 Å². The summed E-state index contributed by atoms with van der Waals surface area (Å²) in [4.78, 5) is 70.8. The molecule has 0 radical (unpaired) electrons. The minimum Gasteiger partial charge on any atom is -0.491 e. The van der Waals surface area contributed by atoms with Crippen LogP contribution in [0, 0.1) is 5.41 Å². The van der Waals surface area contributed by atoms with Gasteiger partial charge in [0.05, 0.1) is 45.7 Å². The molecule has 366 valence electrons. The van der Waals surface area contributed by atoms with E-state index in [4.69, 9.17) is 28.4 Å². The molecule has 3 aromatic rings. The number of benzene rings is 3. The van der Waals surface area contributed by atoms with Gasteiger partial charge in [0.15, 0.2) is 0 Å². The Balaban J connectivity index is 1.18. The lowest BCUT2D eigenvalue weighted by Crippen LogP contribution is -2.62. The third-order valence-corrected chi connectivity index (χ3v) is 11.6. The summed E-state index contributed by atoms with van der Waals surface area (Å²) in [5, 5.41) is 8.87. The van der Waals surface area contributed by atoms with Gasteiger partial charge in [0, 0.05) is 26.6 Å². The van der Waals surface area contributed by atoms with E-state index in [-0.39, 0.29) is 38.1 Å². The Bertz CT molecular complexity index is 2100. The molecule has 0 unspecified atom stereocenters. The van der Waals surface area contributed by atoms with Gasteiger partial charge < -0.3 is 49.3 Å². The minimum atomic E-state index is -1.05. The number of hydrogen-bond donors (Lipinski definition) is 3. The molecule has 5 rings (SSSR count). The summed E-state index contributed by atoms with van der Waals surface area (Å²) in [7, 11) is 1.48. The van der Waals surface area contributed by atoms with Crippen molar-refractivity contribution in [2.45, 2.75) is 117 Å². The molecular formula is C51H71N5O11. The standard InChI is InChI=1S/C51H71N5O11/c1-35(55(8)49(61)66-34-36-15-10-9-11-16-36)45(57)54-44(50(2,3)4)47(59)56-33-39-31-40(65-30-29-64-28-27-63-26-25-62-24-23-52-48(60)67-51(5,6)7)22-21-38(39)32-43(56)46(58)53-42-20-14-18-37-17-12-13-19-41(37)42/h9-13,15-17,19,21-22,31,35,42-44H,14,18,20,23-30,32-34H2,1-8H3,(H,52,60)(H,53,58)(H,54,57)/t35-,42+,43-,44+/m0/s1. The van der Waals surface area contributed by atoms with Crippen molar-refractivity contribution in [3.63, 3.8) is 0 Å². The molecule has 4 atom stereocenters. The molecule has 1 aliphatic carbocycles. The number of carbonyl (C=O) groups is 5. The van der Waals surface area contributed by atoms with Crippen molar-refractivity contribution in [3.8, 4) is 5.75 Å². The molecule has 1 aliphatic heterocycles. The van der Waals surface area contributed by atoms with Crippen LogP contribution in [0.25, 0.3) is 0 Å². The molecule has 3 N–H and O–H groups in total. The number of nitrogens with one attached hydrogen (secondary N) is 3. The van der Waals surface area contributed by atoms with Crippen molar-refractivity contribution in [3.05, 3.63) is 101 Å². The Labute approximate surface area is 395 Å². The summed E-state index contributed by atoms with van der Waals surface area (Å²) in [5.74, 6) is -0.635. The van der Waals surface area contributed by atoms with Gasteiger partial charge in [-0.1, -0.05) is 81.4 Å². The zero-order valence-electron chi connectivity index (χ0n) is 40.5. The number of hydrogen-bond acceptors (Lipinski definition) is 11. The average molecular weight is 930 g/mol. The lowest BCUT2D eigenvalue weighted by molar-refractivity contribution is -0.147. The number of rotatable bonds is 21. The molecule has 67 heavy (non-hydrogen) atoms. The molecule has 5 amide bonds. The maximum atomic E-state index is 15.0. The van der Waals surface area contributed by atoms with E-state index in [1.807, 2.05) is 81.4 Å². The number of carbonyl (C=O) groups excluding carboxylic acids is 5. The van der Waals surface area contributed by atoms with Gasteiger partial charge in [-0.15, -0.1) is 0 Å². The second-order valence-electron chi connectivity index (χ2n) is 19.0. The molecular weight excluding hydrogens is 859 g/mol. The molecule has 3 aromatic carbocycles. The number of likely N-dealkylation sites (N-methyl/N-ethyl adjacent to an activating group) is 1. The SMILES string of the molecule is C[C@@H](C(=O)N[C@H](C(=O)N1Cc2cc(OCCOCCOCCOCCNC(=O)OC(C)(C)C)ccc2C[C@H]1C(=O)N[C@@H]1CCCc2ccccc21)C(C)(C)C)N(C)C(=O)OCc1ccccc1. The Kier molecular flexibility index (Phi) is 19.4. The molecule has 0 fully saturated rings. The largest absolute Gasteiger partial charge is 0.491 e.